The molecule has 1 saturated heterocycles. The van der Waals surface area contributed by atoms with Gasteiger partial charge in [-0.15, -0.1) is 0 Å². The summed E-state index contributed by atoms with van der Waals surface area (Å²) in [5.41, 5.74) is 0. The molecule has 1 aliphatic heterocycles. The van der Waals surface area contributed by atoms with Crippen LogP contribution in [0.4, 0.5) is 38.2 Å². The Morgan fingerprint density at radius 1 is 1.07 bits per heavy atom. The monoisotopic (exact) mass is 403 g/mol. The highest BCUT2D eigenvalue weighted by atomic mass is 19.4. The number of anilines is 2. The Hall–Kier alpha value is -2.05. The lowest BCUT2D eigenvalue weighted by molar-refractivity contribution is -0.301. The molecule has 0 bridgehead atoms. The van der Waals surface area contributed by atoms with Crippen molar-refractivity contribution in [1.82, 2.24) is 15.0 Å². The zero-order valence-corrected chi connectivity index (χ0v) is 14.6. The summed E-state index contributed by atoms with van der Waals surface area (Å²) in [6.07, 6.45) is -14.8. The van der Waals surface area contributed by atoms with Crippen LogP contribution in [0, 0.1) is 0 Å². The highest BCUT2D eigenvalue weighted by molar-refractivity contribution is 5.39. The number of nitrogens with one attached hydrogen (secondary N) is 1. The Bertz CT molecular complexity index is 607. The van der Waals surface area contributed by atoms with Gasteiger partial charge in [0.15, 0.2) is 0 Å². The minimum Gasteiger partial charge on any atom is -0.440 e. The summed E-state index contributed by atoms with van der Waals surface area (Å²) in [6.45, 7) is 4.89. The van der Waals surface area contributed by atoms with Crippen molar-refractivity contribution < 1.29 is 35.8 Å². The van der Waals surface area contributed by atoms with Gasteiger partial charge in [-0.05, 0) is 13.3 Å². The Labute approximate surface area is 151 Å². The van der Waals surface area contributed by atoms with E-state index in [4.69, 9.17) is 4.74 Å². The summed E-state index contributed by atoms with van der Waals surface area (Å²) >= 11 is 0. The first-order valence-corrected chi connectivity index (χ1v) is 8.16. The third-order valence-electron chi connectivity index (χ3n) is 3.70. The van der Waals surface area contributed by atoms with Crippen LogP contribution in [0.25, 0.3) is 0 Å². The molecule has 1 aromatic heterocycles. The van der Waals surface area contributed by atoms with E-state index < -0.39 is 24.5 Å². The lowest BCUT2D eigenvalue weighted by Gasteiger charge is -2.28. The SMILES string of the molecule is CC[C@H](C)Nc1nc(OC(C(F)(F)F)C(F)(F)F)nc(N2CCOCC2)n1. The molecule has 154 valence electrons. The average molecular weight is 403 g/mol. The molecule has 27 heavy (non-hydrogen) atoms. The lowest BCUT2D eigenvalue weighted by atomic mass is 10.3. The number of hydrogen-bond acceptors (Lipinski definition) is 7. The number of halogens is 6. The predicted octanol–water partition coefficient (Wildman–Crippen LogP) is 2.79. The van der Waals surface area contributed by atoms with Gasteiger partial charge in [-0.1, -0.05) is 6.92 Å². The minimum atomic E-state index is -5.67. The molecule has 1 atom stereocenters. The molecule has 1 aromatic rings. The van der Waals surface area contributed by atoms with E-state index in [-0.39, 0.29) is 17.9 Å². The number of alkyl halides is 6. The molecule has 0 radical (unpaired) electrons. The molecule has 0 aromatic carbocycles. The minimum absolute atomic E-state index is 0.0859. The van der Waals surface area contributed by atoms with Gasteiger partial charge in [0.25, 0.3) is 6.10 Å². The van der Waals surface area contributed by atoms with Crippen LogP contribution in [0.5, 0.6) is 6.01 Å². The van der Waals surface area contributed by atoms with Crippen molar-refractivity contribution in [2.24, 2.45) is 0 Å². The number of aromatic nitrogens is 3. The zero-order chi connectivity index (χ0) is 20.2. The number of rotatable bonds is 6. The van der Waals surface area contributed by atoms with Crippen LogP contribution in [0.3, 0.4) is 0 Å². The highest BCUT2D eigenvalue weighted by Crippen LogP contribution is 2.36. The van der Waals surface area contributed by atoms with Gasteiger partial charge in [0, 0.05) is 19.1 Å². The third kappa shape index (κ3) is 5.97. The third-order valence-corrected chi connectivity index (χ3v) is 3.70. The van der Waals surface area contributed by atoms with E-state index >= 15 is 0 Å². The lowest BCUT2D eigenvalue weighted by Crippen LogP contribution is -2.47. The average Bonchev–Trinajstić information content (AvgIpc) is 2.58. The van der Waals surface area contributed by atoms with E-state index in [0.29, 0.717) is 32.7 Å². The Morgan fingerprint density at radius 3 is 2.19 bits per heavy atom. The van der Waals surface area contributed by atoms with Crippen LogP contribution >= 0.6 is 0 Å². The van der Waals surface area contributed by atoms with E-state index in [2.05, 4.69) is 25.0 Å². The van der Waals surface area contributed by atoms with Gasteiger partial charge in [-0.25, -0.2) is 0 Å². The molecule has 0 aliphatic carbocycles. The number of ether oxygens (including phenoxy) is 2. The summed E-state index contributed by atoms with van der Waals surface area (Å²) in [5.74, 6) is -0.254. The molecular formula is C14H19F6N5O2. The Balaban J connectivity index is 2.36. The molecule has 0 amide bonds. The molecule has 2 rings (SSSR count). The summed E-state index contributed by atoms with van der Waals surface area (Å²) in [4.78, 5) is 12.8. The van der Waals surface area contributed by atoms with Crippen LogP contribution in [0.1, 0.15) is 20.3 Å². The van der Waals surface area contributed by atoms with E-state index in [1.54, 1.807) is 11.8 Å². The zero-order valence-electron chi connectivity index (χ0n) is 14.6. The van der Waals surface area contributed by atoms with Gasteiger partial charge in [0.05, 0.1) is 13.2 Å². The van der Waals surface area contributed by atoms with Crippen molar-refractivity contribution in [3.63, 3.8) is 0 Å². The fraction of sp³-hybridized carbons (Fsp3) is 0.786. The summed E-state index contributed by atoms with van der Waals surface area (Å²) in [5, 5.41) is 2.80. The van der Waals surface area contributed by atoms with Crippen molar-refractivity contribution in [2.75, 3.05) is 36.5 Å². The molecule has 2 heterocycles. The second-order valence-corrected chi connectivity index (χ2v) is 5.88. The predicted molar refractivity (Wildman–Crippen MR) is 82.8 cm³/mol. The van der Waals surface area contributed by atoms with E-state index in [1.807, 2.05) is 6.92 Å². The molecule has 0 spiro atoms. The van der Waals surface area contributed by atoms with Crippen LogP contribution in [0.15, 0.2) is 0 Å². The summed E-state index contributed by atoms with van der Waals surface area (Å²) in [6, 6.07) is -1.23. The topological polar surface area (TPSA) is 72.4 Å². The number of nitrogens with zero attached hydrogens (tertiary/aromatic N) is 4. The fourth-order valence-corrected chi connectivity index (χ4v) is 2.11. The maximum Gasteiger partial charge on any atom is 0.434 e. The molecule has 13 heteroatoms. The van der Waals surface area contributed by atoms with Gasteiger partial charge in [-0.2, -0.15) is 41.3 Å². The van der Waals surface area contributed by atoms with Crippen LogP contribution < -0.4 is 15.0 Å². The smallest absolute Gasteiger partial charge is 0.434 e. The molecule has 0 saturated carbocycles. The quantitative estimate of drug-likeness (QED) is 0.733. The molecule has 7 nitrogen and oxygen atoms in total. The second-order valence-electron chi connectivity index (χ2n) is 5.88. The van der Waals surface area contributed by atoms with E-state index in [9.17, 15) is 26.3 Å². The molecule has 1 aliphatic rings. The van der Waals surface area contributed by atoms with Crippen molar-refractivity contribution in [3.05, 3.63) is 0 Å². The van der Waals surface area contributed by atoms with Gasteiger partial charge in [0.2, 0.25) is 11.9 Å². The largest absolute Gasteiger partial charge is 0.440 e. The molecule has 0 unspecified atom stereocenters. The number of hydrogen-bond donors (Lipinski definition) is 1. The first-order chi connectivity index (χ1) is 12.5. The van der Waals surface area contributed by atoms with Crippen LogP contribution in [-0.2, 0) is 4.74 Å². The van der Waals surface area contributed by atoms with Gasteiger partial charge in [-0.3, -0.25) is 0 Å². The normalized spacial score (nSPS) is 17.1. The highest BCUT2D eigenvalue weighted by Gasteiger charge is 2.59. The van der Waals surface area contributed by atoms with Crippen molar-refractivity contribution >= 4 is 11.9 Å². The van der Waals surface area contributed by atoms with Crippen molar-refractivity contribution in [2.45, 2.75) is 44.8 Å². The van der Waals surface area contributed by atoms with Crippen molar-refractivity contribution in [1.29, 1.82) is 0 Å². The maximum atomic E-state index is 12.8. The molecule has 1 fully saturated rings. The maximum absolute atomic E-state index is 12.8. The number of morpholine rings is 1. The summed E-state index contributed by atoms with van der Waals surface area (Å²) < 4.78 is 85.9. The second kappa shape index (κ2) is 8.31. The summed E-state index contributed by atoms with van der Waals surface area (Å²) in [7, 11) is 0. The van der Waals surface area contributed by atoms with E-state index in [0.717, 1.165) is 0 Å². The van der Waals surface area contributed by atoms with E-state index in [1.165, 1.54) is 0 Å². The van der Waals surface area contributed by atoms with Crippen LogP contribution in [-0.4, -0.2) is 65.8 Å². The van der Waals surface area contributed by atoms with Gasteiger partial charge >= 0.3 is 18.4 Å². The molecule has 1 N–H and O–H groups in total. The Morgan fingerprint density at radius 2 is 1.67 bits per heavy atom. The Kier molecular flexibility index (Phi) is 6.54. The van der Waals surface area contributed by atoms with Crippen molar-refractivity contribution in [3.8, 4) is 6.01 Å². The van der Waals surface area contributed by atoms with Gasteiger partial charge < -0.3 is 19.7 Å². The standard InChI is InChI=1S/C14H19F6N5O2/c1-3-8(2)21-10-22-11(25-4-6-26-7-5-25)24-12(23-10)27-9(13(15,16)17)14(18,19)20/h8-9H,3-7H2,1-2H3,(H,21,22,23,24)/t8-/m0/s1. The van der Waals surface area contributed by atoms with Gasteiger partial charge in [0.1, 0.15) is 0 Å². The fourth-order valence-electron chi connectivity index (χ4n) is 2.11. The first kappa shape index (κ1) is 21.3. The molecular weight excluding hydrogens is 384 g/mol. The van der Waals surface area contributed by atoms with Crippen LogP contribution in [0.2, 0.25) is 0 Å². The first-order valence-electron chi connectivity index (χ1n) is 8.16.